The monoisotopic (exact) mass is 257 g/mol. The molecule has 1 fully saturated rings. The summed E-state index contributed by atoms with van der Waals surface area (Å²) < 4.78 is 0. The van der Waals surface area contributed by atoms with Gasteiger partial charge in [0.2, 0.25) is 0 Å². The first-order chi connectivity index (χ1) is 9.25. The summed E-state index contributed by atoms with van der Waals surface area (Å²) in [6.45, 7) is 5.76. The lowest BCUT2D eigenvalue weighted by atomic mass is 9.77. The fraction of sp³-hybridized carbons (Fsp3) is 0.667. The molecule has 1 aromatic carbocycles. The molecule has 19 heavy (non-hydrogen) atoms. The number of fused-ring (bicyclic) bond motifs is 1. The second kappa shape index (κ2) is 5.66. The van der Waals surface area contributed by atoms with Crippen LogP contribution in [0.5, 0.6) is 0 Å². The average molecular weight is 257 g/mol. The molecule has 1 nitrogen and oxygen atoms in total. The molecule has 1 N–H and O–H groups in total. The van der Waals surface area contributed by atoms with Crippen LogP contribution in [0.1, 0.15) is 74.6 Å². The van der Waals surface area contributed by atoms with Gasteiger partial charge >= 0.3 is 0 Å². The molecular weight excluding hydrogens is 230 g/mol. The van der Waals surface area contributed by atoms with Crippen LogP contribution in [0.15, 0.2) is 18.2 Å². The topological polar surface area (TPSA) is 12.0 Å². The van der Waals surface area contributed by atoms with E-state index in [1.165, 1.54) is 44.1 Å². The average Bonchev–Trinajstić information content (AvgIpc) is 2.47. The smallest absolute Gasteiger partial charge is 0.0351 e. The Bertz CT molecular complexity index is 429. The Labute approximate surface area is 117 Å². The van der Waals surface area contributed by atoms with E-state index in [4.69, 9.17) is 0 Å². The van der Waals surface area contributed by atoms with Gasteiger partial charge in [-0.2, -0.15) is 0 Å². The minimum Gasteiger partial charge on any atom is -0.309 e. The molecule has 104 valence electrons. The Kier molecular flexibility index (Phi) is 3.93. The summed E-state index contributed by atoms with van der Waals surface area (Å²) in [6.07, 6.45) is 8.36. The maximum atomic E-state index is 3.81. The van der Waals surface area contributed by atoms with Crippen LogP contribution in [-0.2, 0) is 6.42 Å². The zero-order valence-electron chi connectivity index (χ0n) is 12.4. The molecule has 0 amide bonds. The van der Waals surface area contributed by atoms with Crippen LogP contribution in [0, 0.1) is 5.92 Å². The van der Waals surface area contributed by atoms with Gasteiger partial charge in [-0.05, 0) is 54.3 Å². The first kappa shape index (κ1) is 13.2. The van der Waals surface area contributed by atoms with Gasteiger partial charge in [-0.25, -0.2) is 0 Å². The van der Waals surface area contributed by atoms with Crippen molar-refractivity contribution in [1.82, 2.24) is 5.32 Å². The van der Waals surface area contributed by atoms with Crippen molar-refractivity contribution in [2.45, 2.75) is 64.3 Å². The Morgan fingerprint density at radius 1 is 1.11 bits per heavy atom. The number of benzene rings is 1. The molecule has 1 heterocycles. The summed E-state index contributed by atoms with van der Waals surface area (Å²) in [4.78, 5) is 0. The van der Waals surface area contributed by atoms with Gasteiger partial charge in [-0.15, -0.1) is 0 Å². The minimum atomic E-state index is 0.628. The van der Waals surface area contributed by atoms with Gasteiger partial charge in [0.15, 0.2) is 0 Å². The van der Waals surface area contributed by atoms with Crippen LogP contribution in [0.2, 0.25) is 0 Å². The standard InChI is InChI=1S/C18H27N/c1-13(2)16-9-8-14-10-11-19-18(17(14)12-16)15-6-4-3-5-7-15/h8-9,12-13,15,18-19H,3-7,10-11H2,1-2H3. The van der Waals surface area contributed by atoms with E-state index in [-0.39, 0.29) is 0 Å². The second-order valence-corrected chi connectivity index (χ2v) is 6.69. The van der Waals surface area contributed by atoms with Crippen molar-refractivity contribution in [3.8, 4) is 0 Å². The van der Waals surface area contributed by atoms with Gasteiger partial charge in [0.25, 0.3) is 0 Å². The van der Waals surface area contributed by atoms with Crippen molar-refractivity contribution in [2.75, 3.05) is 6.54 Å². The lowest BCUT2D eigenvalue weighted by molar-refractivity contribution is 0.264. The normalized spacial score (nSPS) is 24.5. The summed E-state index contributed by atoms with van der Waals surface area (Å²) in [5.41, 5.74) is 4.71. The van der Waals surface area contributed by atoms with Gasteiger partial charge < -0.3 is 5.32 Å². The van der Waals surface area contributed by atoms with E-state index in [2.05, 4.69) is 37.4 Å². The van der Waals surface area contributed by atoms with Crippen LogP contribution in [0.4, 0.5) is 0 Å². The highest BCUT2D eigenvalue weighted by atomic mass is 14.9. The van der Waals surface area contributed by atoms with E-state index in [1.54, 1.807) is 11.1 Å². The predicted molar refractivity (Wildman–Crippen MR) is 81.6 cm³/mol. The summed E-state index contributed by atoms with van der Waals surface area (Å²) in [5.74, 6) is 1.51. The van der Waals surface area contributed by atoms with E-state index in [9.17, 15) is 0 Å². The van der Waals surface area contributed by atoms with Crippen molar-refractivity contribution >= 4 is 0 Å². The maximum Gasteiger partial charge on any atom is 0.0351 e. The molecule has 1 aliphatic heterocycles. The van der Waals surface area contributed by atoms with Gasteiger partial charge in [-0.1, -0.05) is 51.3 Å². The molecule has 2 aliphatic rings. The molecule has 1 aliphatic carbocycles. The fourth-order valence-electron chi connectivity index (χ4n) is 3.85. The van der Waals surface area contributed by atoms with Crippen LogP contribution in [0.25, 0.3) is 0 Å². The SMILES string of the molecule is CC(C)c1ccc2c(c1)C(C1CCCCC1)NCC2. The van der Waals surface area contributed by atoms with Gasteiger partial charge in [0.05, 0.1) is 0 Å². The molecule has 1 atom stereocenters. The molecular formula is C18H27N. The van der Waals surface area contributed by atoms with Gasteiger partial charge in [0.1, 0.15) is 0 Å². The van der Waals surface area contributed by atoms with Crippen LogP contribution in [-0.4, -0.2) is 6.54 Å². The first-order valence-electron chi connectivity index (χ1n) is 8.12. The molecule has 0 spiro atoms. The highest BCUT2D eigenvalue weighted by Crippen LogP contribution is 2.38. The second-order valence-electron chi connectivity index (χ2n) is 6.69. The third-order valence-corrected chi connectivity index (χ3v) is 5.05. The van der Waals surface area contributed by atoms with Crippen LogP contribution in [0.3, 0.4) is 0 Å². The van der Waals surface area contributed by atoms with E-state index >= 15 is 0 Å². The van der Waals surface area contributed by atoms with E-state index < -0.39 is 0 Å². The Morgan fingerprint density at radius 2 is 1.89 bits per heavy atom. The third kappa shape index (κ3) is 2.72. The molecule has 1 saturated carbocycles. The zero-order valence-corrected chi connectivity index (χ0v) is 12.4. The number of hydrogen-bond donors (Lipinski definition) is 1. The number of rotatable bonds is 2. The molecule has 0 aromatic heterocycles. The lowest BCUT2D eigenvalue weighted by Gasteiger charge is -2.36. The lowest BCUT2D eigenvalue weighted by Crippen LogP contribution is -2.35. The first-order valence-corrected chi connectivity index (χ1v) is 8.12. The number of nitrogens with one attached hydrogen (secondary N) is 1. The van der Waals surface area contributed by atoms with E-state index in [0.717, 1.165) is 12.5 Å². The Hall–Kier alpha value is -0.820. The van der Waals surface area contributed by atoms with Gasteiger partial charge in [-0.3, -0.25) is 0 Å². The van der Waals surface area contributed by atoms with Crippen molar-refractivity contribution < 1.29 is 0 Å². The van der Waals surface area contributed by atoms with Crippen molar-refractivity contribution in [3.63, 3.8) is 0 Å². The summed E-state index contributed by atoms with van der Waals surface area (Å²) >= 11 is 0. The molecule has 0 saturated heterocycles. The summed E-state index contributed by atoms with van der Waals surface area (Å²) in [6, 6.07) is 7.85. The van der Waals surface area contributed by atoms with E-state index in [0.29, 0.717) is 12.0 Å². The predicted octanol–water partition coefficient (Wildman–Crippen LogP) is 4.58. The highest BCUT2D eigenvalue weighted by Gasteiger charge is 2.28. The highest BCUT2D eigenvalue weighted by molar-refractivity contribution is 5.38. The zero-order chi connectivity index (χ0) is 13.2. The molecule has 1 aromatic rings. The Morgan fingerprint density at radius 3 is 2.63 bits per heavy atom. The molecule has 0 bridgehead atoms. The fourth-order valence-corrected chi connectivity index (χ4v) is 3.85. The molecule has 1 heteroatoms. The van der Waals surface area contributed by atoms with Crippen molar-refractivity contribution in [2.24, 2.45) is 5.92 Å². The maximum absolute atomic E-state index is 3.81. The quantitative estimate of drug-likeness (QED) is 0.818. The largest absolute Gasteiger partial charge is 0.309 e. The van der Waals surface area contributed by atoms with Crippen molar-refractivity contribution in [1.29, 1.82) is 0 Å². The Balaban J connectivity index is 1.90. The van der Waals surface area contributed by atoms with Crippen LogP contribution < -0.4 is 5.32 Å². The summed E-state index contributed by atoms with van der Waals surface area (Å²) in [5, 5.41) is 3.81. The molecule has 3 rings (SSSR count). The minimum absolute atomic E-state index is 0.628. The third-order valence-electron chi connectivity index (χ3n) is 5.05. The summed E-state index contributed by atoms with van der Waals surface area (Å²) in [7, 11) is 0. The van der Waals surface area contributed by atoms with Crippen molar-refractivity contribution in [3.05, 3.63) is 34.9 Å². The molecule has 0 radical (unpaired) electrons. The molecule has 1 unspecified atom stereocenters. The van der Waals surface area contributed by atoms with E-state index in [1.807, 2.05) is 0 Å². The van der Waals surface area contributed by atoms with Gasteiger partial charge in [0, 0.05) is 6.04 Å². The number of hydrogen-bond acceptors (Lipinski definition) is 1. The van der Waals surface area contributed by atoms with Crippen LogP contribution >= 0.6 is 0 Å².